The first kappa shape index (κ1) is 9.03. The summed E-state index contributed by atoms with van der Waals surface area (Å²) in [5.41, 5.74) is 0. The topological polar surface area (TPSA) is 49.4 Å². The van der Waals surface area contributed by atoms with E-state index in [1.165, 1.54) is 7.05 Å². The Kier molecular flexibility index (Phi) is 2.68. The fourth-order valence-electron chi connectivity index (χ4n) is 1.31. The number of carbonyl (C=O) groups excluding carboxylic acids is 2. The average Bonchev–Trinajstić information content (AvgIpc) is 2.01. The zero-order valence-electron chi connectivity index (χ0n) is 7.46. The van der Waals surface area contributed by atoms with Gasteiger partial charge < -0.3 is 5.32 Å². The van der Waals surface area contributed by atoms with Crippen LogP contribution in [0.2, 0.25) is 0 Å². The van der Waals surface area contributed by atoms with Crippen molar-refractivity contribution in [3.8, 4) is 0 Å². The third-order valence-electron chi connectivity index (χ3n) is 2.06. The fourth-order valence-corrected chi connectivity index (χ4v) is 1.31. The second kappa shape index (κ2) is 3.56. The van der Waals surface area contributed by atoms with Crippen LogP contribution in [0, 0.1) is 0 Å². The van der Waals surface area contributed by atoms with Gasteiger partial charge in [-0.25, -0.2) is 4.79 Å². The zero-order valence-corrected chi connectivity index (χ0v) is 7.46. The van der Waals surface area contributed by atoms with E-state index in [2.05, 4.69) is 5.32 Å². The smallest absolute Gasteiger partial charge is 0.324 e. The molecule has 0 aromatic rings. The standard InChI is InChI=1S/C8H14N2O2/c1-3-4-6-5-7(11)10(2)8(12)9-6/h6H,3-5H2,1-2H3,(H,9,12). The average molecular weight is 170 g/mol. The van der Waals surface area contributed by atoms with Crippen LogP contribution in [0.5, 0.6) is 0 Å². The van der Waals surface area contributed by atoms with E-state index in [1.54, 1.807) is 0 Å². The summed E-state index contributed by atoms with van der Waals surface area (Å²) in [5.74, 6) is -0.0859. The van der Waals surface area contributed by atoms with Gasteiger partial charge in [-0.15, -0.1) is 0 Å². The van der Waals surface area contributed by atoms with Gasteiger partial charge in [0.2, 0.25) is 5.91 Å². The molecule has 0 spiro atoms. The SMILES string of the molecule is CCCC1CC(=O)N(C)C(=O)N1. The molecule has 0 aromatic carbocycles. The number of nitrogens with zero attached hydrogens (tertiary/aromatic N) is 1. The van der Waals surface area contributed by atoms with Gasteiger partial charge in [-0.3, -0.25) is 9.69 Å². The lowest BCUT2D eigenvalue weighted by Crippen LogP contribution is -2.52. The van der Waals surface area contributed by atoms with Crippen molar-refractivity contribution in [2.45, 2.75) is 32.2 Å². The molecular weight excluding hydrogens is 156 g/mol. The molecule has 0 bridgehead atoms. The predicted molar refractivity (Wildman–Crippen MR) is 44.6 cm³/mol. The molecule has 1 rings (SSSR count). The number of carbonyl (C=O) groups is 2. The molecule has 68 valence electrons. The van der Waals surface area contributed by atoms with Crippen LogP contribution in [0.4, 0.5) is 4.79 Å². The highest BCUT2D eigenvalue weighted by molar-refractivity contribution is 5.96. The molecule has 1 N–H and O–H groups in total. The van der Waals surface area contributed by atoms with Crippen molar-refractivity contribution in [1.29, 1.82) is 0 Å². The van der Waals surface area contributed by atoms with Crippen LogP contribution in [-0.2, 0) is 4.79 Å². The zero-order chi connectivity index (χ0) is 9.14. The molecule has 0 saturated carbocycles. The van der Waals surface area contributed by atoms with E-state index in [0.717, 1.165) is 17.7 Å². The number of rotatable bonds is 2. The second-order valence-corrected chi connectivity index (χ2v) is 3.09. The lowest BCUT2D eigenvalue weighted by molar-refractivity contribution is -0.129. The van der Waals surface area contributed by atoms with Gasteiger partial charge in [0.25, 0.3) is 0 Å². The van der Waals surface area contributed by atoms with Crippen molar-refractivity contribution in [2.75, 3.05) is 7.05 Å². The van der Waals surface area contributed by atoms with E-state index in [4.69, 9.17) is 0 Å². The number of hydrogen-bond acceptors (Lipinski definition) is 2. The molecule has 0 radical (unpaired) electrons. The molecular formula is C8H14N2O2. The van der Waals surface area contributed by atoms with Crippen molar-refractivity contribution >= 4 is 11.9 Å². The summed E-state index contributed by atoms with van der Waals surface area (Å²) >= 11 is 0. The highest BCUT2D eigenvalue weighted by atomic mass is 16.2. The molecule has 0 aromatic heterocycles. The van der Waals surface area contributed by atoms with Crippen molar-refractivity contribution in [3.05, 3.63) is 0 Å². The summed E-state index contributed by atoms with van der Waals surface area (Å²) in [4.78, 5) is 23.4. The minimum Gasteiger partial charge on any atom is -0.334 e. The summed E-state index contributed by atoms with van der Waals surface area (Å²) in [6, 6.07) is -0.226. The van der Waals surface area contributed by atoms with E-state index in [-0.39, 0.29) is 18.0 Å². The number of hydrogen-bond donors (Lipinski definition) is 1. The van der Waals surface area contributed by atoms with E-state index >= 15 is 0 Å². The van der Waals surface area contributed by atoms with Gasteiger partial charge in [-0.2, -0.15) is 0 Å². The molecule has 4 nitrogen and oxygen atoms in total. The van der Waals surface area contributed by atoms with E-state index < -0.39 is 0 Å². The van der Waals surface area contributed by atoms with Gasteiger partial charge in [-0.05, 0) is 6.42 Å². The Morgan fingerprint density at radius 2 is 2.25 bits per heavy atom. The Hall–Kier alpha value is -1.06. The first-order valence-electron chi connectivity index (χ1n) is 4.22. The quantitative estimate of drug-likeness (QED) is 0.664. The molecule has 1 aliphatic rings. The molecule has 1 atom stereocenters. The number of amides is 3. The Labute approximate surface area is 71.9 Å². The Bertz CT molecular complexity index is 185. The predicted octanol–water partition coefficient (Wildman–Crippen LogP) is 0.727. The van der Waals surface area contributed by atoms with E-state index in [0.29, 0.717) is 6.42 Å². The van der Waals surface area contributed by atoms with Crippen molar-refractivity contribution in [1.82, 2.24) is 10.2 Å². The maximum absolute atomic E-state index is 11.2. The highest BCUT2D eigenvalue weighted by Crippen LogP contribution is 2.09. The van der Waals surface area contributed by atoms with E-state index in [9.17, 15) is 9.59 Å². The highest BCUT2D eigenvalue weighted by Gasteiger charge is 2.27. The number of imide groups is 1. The maximum atomic E-state index is 11.2. The van der Waals surface area contributed by atoms with Crippen LogP contribution in [0.3, 0.4) is 0 Å². The normalized spacial score (nSPS) is 24.2. The van der Waals surface area contributed by atoms with Crippen LogP contribution in [0.1, 0.15) is 26.2 Å². The molecule has 1 aliphatic heterocycles. The first-order valence-corrected chi connectivity index (χ1v) is 4.22. The van der Waals surface area contributed by atoms with Gasteiger partial charge in [0, 0.05) is 19.5 Å². The number of nitrogens with one attached hydrogen (secondary N) is 1. The van der Waals surface area contributed by atoms with Crippen LogP contribution in [0.15, 0.2) is 0 Å². The molecule has 1 fully saturated rings. The summed E-state index contributed by atoms with van der Waals surface area (Å²) in [7, 11) is 1.50. The molecule has 12 heavy (non-hydrogen) atoms. The van der Waals surface area contributed by atoms with Crippen molar-refractivity contribution in [3.63, 3.8) is 0 Å². The van der Waals surface area contributed by atoms with Crippen LogP contribution in [-0.4, -0.2) is 29.9 Å². The van der Waals surface area contributed by atoms with Crippen molar-refractivity contribution in [2.24, 2.45) is 0 Å². The lowest BCUT2D eigenvalue weighted by atomic mass is 10.1. The van der Waals surface area contributed by atoms with Crippen LogP contribution < -0.4 is 5.32 Å². The van der Waals surface area contributed by atoms with Gasteiger partial charge >= 0.3 is 6.03 Å². The second-order valence-electron chi connectivity index (χ2n) is 3.09. The van der Waals surface area contributed by atoms with Gasteiger partial charge in [0.1, 0.15) is 0 Å². The summed E-state index contributed by atoms with van der Waals surface area (Å²) in [5, 5.41) is 2.76. The monoisotopic (exact) mass is 170 g/mol. The summed E-state index contributed by atoms with van der Waals surface area (Å²) < 4.78 is 0. The largest absolute Gasteiger partial charge is 0.334 e. The Morgan fingerprint density at radius 1 is 1.58 bits per heavy atom. The van der Waals surface area contributed by atoms with Crippen LogP contribution >= 0.6 is 0 Å². The minimum atomic E-state index is -0.273. The fraction of sp³-hybridized carbons (Fsp3) is 0.750. The molecule has 1 unspecified atom stereocenters. The Balaban J connectivity index is 2.54. The third-order valence-corrected chi connectivity index (χ3v) is 2.06. The summed E-state index contributed by atoms with van der Waals surface area (Å²) in [6.45, 7) is 2.04. The van der Waals surface area contributed by atoms with Crippen LogP contribution in [0.25, 0.3) is 0 Å². The Morgan fingerprint density at radius 3 is 2.75 bits per heavy atom. The van der Waals surface area contributed by atoms with Crippen molar-refractivity contribution < 1.29 is 9.59 Å². The lowest BCUT2D eigenvalue weighted by Gasteiger charge is -2.28. The van der Waals surface area contributed by atoms with Gasteiger partial charge in [0.15, 0.2) is 0 Å². The van der Waals surface area contributed by atoms with Gasteiger partial charge in [0.05, 0.1) is 0 Å². The maximum Gasteiger partial charge on any atom is 0.324 e. The number of urea groups is 1. The molecule has 3 amide bonds. The molecule has 0 aliphatic carbocycles. The minimum absolute atomic E-state index is 0.0474. The third kappa shape index (κ3) is 1.75. The molecule has 4 heteroatoms. The van der Waals surface area contributed by atoms with Gasteiger partial charge in [-0.1, -0.05) is 13.3 Å². The van der Waals surface area contributed by atoms with E-state index in [1.807, 2.05) is 6.92 Å². The molecule has 1 heterocycles. The molecule has 1 saturated heterocycles. The first-order chi connectivity index (χ1) is 5.65. The summed E-state index contributed by atoms with van der Waals surface area (Å²) in [6.07, 6.45) is 2.31.